The summed E-state index contributed by atoms with van der Waals surface area (Å²) in [4.78, 5) is 26.8. The molecule has 0 saturated carbocycles. The maximum Gasteiger partial charge on any atom is 0.236 e. The second kappa shape index (κ2) is 10.1. The second-order valence-corrected chi connectivity index (χ2v) is 6.56. The molecule has 3 aromatic carbocycles. The van der Waals surface area contributed by atoms with Crippen LogP contribution in [0.1, 0.15) is 17.5 Å². The number of hydrogen-bond acceptors (Lipinski definition) is 2. The Morgan fingerprint density at radius 3 is 1.86 bits per heavy atom. The van der Waals surface area contributed by atoms with E-state index in [1.165, 1.54) is 0 Å². The van der Waals surface area contributed by atoms with Crippen LogP contribution >= 0.6 is 0 Å². The lowest BCUT2D eigenvalue weighted by atomic mass is 10.1. The molecule has 4 nitrogen and oxygen atoms in total. The number of para-hydroxylation sites is 1. The van der Waals surface area contributed by atoms with Gasteiger partial charge in [0.1, 0.15) is 6.42 Å². The first-order valence-electron chi connectivity index (χ1n) is 9.42. The molecule has 0 atom stereocenters. The number of nitrogens with one attached hydrogen (secondary N) is 1. The Morgan fingerprint density at radius 1 is 0.714 bits per heavy atom. The molecule has 0 spiro atoms. The molecule has 0 aromatic heterocycles. The van der Waals surface area contributed by atoms with Crippen molar-refractivity contribution in [2.24, 2.45) is 0 Å². The van der Waals surface area contributed by atoms with E-state index >= 15 is 0 Å². The fraction of sp³-hybridized carbons (Fsp3) is 0.167. The number of carbonyl (C=O) groups is 2. The second-order valence-electron chi connectivity index (χ2n) is 6.56. The largest absolute Gasteiger partial charge is 0.355 e. The average molecular weight is 372 g/mol. The first-order chi connectivity index (χ1) is 13.7. The topological polar surface area (TPSA) is 49.4 Å². The molecule has 3 rings (SSSR count). The van der Waals surface area contributed by atoms with Crippen molar-refractivity contribution in [1.29, 1.82) is 0 Å². The van der Waals surface area contributed by atoms with Gasteiger partial charge < -0.3 is 10.2 Å². The van der Waals surface area contributed by atoms with Crippen molar-refractivity contribution in [2.75, 3.05) is 11.4 Å². The van der Waals surface area contributed by atoms with Crippen LogP contribution in [0, 0.1) is 0 Å². The quantitative estimate of drug-likeness (QED) is 0.608. The zero-order valence-corrected chi connectivity index (χ0v) is 15.8. The van der Waals surface area contributed by atoms with Crippen molar-refractivity contribution in [3.05, 3.63) is 102 Å². The summed E-state index contributed by atoms with van der Waals surface area (Å²) < 4.78 is 0. The summed E-state index contributed by atoms with van der Waals surface area (Å²) in [6.45, 7) is 0.946. The molecule has 142 valence electrons. The van der Waals surface area contributed by atoms with Crippen molar-refractivity contribution in [3.8, 4) is 0 Å². The molecule has 0 heterocycles. The molecule has 0 saturated heterocycles. The summed E-state index contributed by atoms with van der Waals surface area (Å²) in [5.74, 6) is -0.470. The first-order valence-corrected chi connectivity index (χ1v) is 9.42. The minimum atomic E-state index is -0.255. The van der Waals surface area contributed by atoms with Gasteiger partial charge in [-0.1, -0.05) is 78.9 Å². The van der Waals surface area contributed by atoms with Gasteiger partial charge in [-0.05, 0) is 29.7 Å². The van der Waals surface area contributed by atoms with Crippen LogP contribution in [0.3, 0.4) is 0 Å². The van der Waals surface area contributed by atoms with Gasteiger partial charge >= 0.3 is 0 Å². The molecule has 0 bridgehead atoms. The first kappa shape index (κ1) is 19.4. The monoisotopic (exact) mass is 372 g/mol. The predicted octanol–water partition coefficient (Wildman–Crippen LogP) is 3.97. The lowest BCUT2D eigenvalue weighted by molar-refractivity contribution is -0.128. The van der Waals surface area contributed by atoms with Crippen molar-refractivity contribution in [3.63, 3.8) is 0 Å². The van der Waals surface area contributed by atoms with Crippen LogP contribution in [0.25, 0.3) is 0 Å². The number of hydrogen-bond donors (Lipinski definition) is 1. The van der Waals surface area contributed by atoms with Gasteiger partial charge in [-0.15, -0.1) is 0 Å². The third-order valence-corrected chi connectivity index (χ3v) is 4.44. The third kappa shape index (κ3) is 5.81. The fourth-order valence-electron chi connectivity index (χ4n) is 2.98. The van der Waals surface area contributed by atoms with Crippen LogP contribution in [-0.2, 0) is 22.6 Å². The van der Waals surface area contributed by atoms with E-state index in [1.807, 2.05) is 91.0 Å². The van der Waals surface area contributed by atoms with Crippen LogP contribution < -0.4 is 10.2 Å². The van der Waals surface area contributed by atoms with Gasteiger partial charge in [0.25, 0.3) is 0 Å². The number of amides is 2. The van der Waals surface area contributed by atoms with Crippen LogP contribution in [-0.4, -0.2) is 18.4 Å². The van der Waals surface area contributed by atoms with E-state index in [4.69, 9.17) is 0 Å². The number of carbonyl (C=O) groups excluding carboxylic acids is 2. The summed E-state index contributed by atoms with van der Waals surface area (Å²) in [7, 11) is 0. The third-order valence-electron chi connectivity index (χ3n) is 4.44. The number of nitrogens with zero attached hydrogens (tertiary/aromatic N) is 1. The molecule has 0 aliphatic heterocycles. The zero-order valence-electron chi connectivity index (χ0n) is 15.8. The smallest absolute Gasteiger partial charge is 0.236 e. The van der Waals surface area contributed by atoms with Gasteiger partial charge in [0.2, 0.25) is 11.8 Å². The molecular formula is C24H24N2O2. The van der Waals surface area contributed by atoms with Gasteiger partial charge in [0.05, 0.1) is 6.54 Å². The Hall–Kier alpha value is -3.40. The van der Waals surface area contributed by atoms with Crippen molar-refractivity contribution < 1.29 is 9.59 Å². The molecule has 2 amide bonds. The van der Waals surface area contributed by atoms with Gasteiger partial charge in [0, 0.05) is 12.2 Å². The average Bonchev–Trinajstić information content (AvgIpc) is 2.74. The van der Waals surface area contributed by atoms with Crippen LogP contribution in [0.15, 0.2) is 91.0 Å². The van der Waals surface area contributed by atoms with Crippen molar-refractivity contribution in [1.82, 2.24) is 5.32 Å². The Kier molecular flexibility index (Phi) is 6.96. The Labute approximate surface area is 165 Å². The fourth-order valence-corrected chi connectivity index (χ4v) is 2.98. The minimum Gasteiger partial charge on any atom is -0.355 e. The summed E-state index contributed by atoms with van der Waals surface area (Å²) in [5, 5.41) is 2.85. The van der Waals surface area contributed by atoms with Crippen LogP contribution in [0.4, 0.5) is 5.69 Å². The summed E-state index contributed by atoms with van der Waals surface area (Å²) in [6.07, 6.45) is 0.573. The molecule has 0 aliphatic rings. The summed E-state index contributed by atoms with van der Waals surface area (Å²) in [5.41, 5.74) is 2.96. The van der Waals surface area contributed by atoms with Gasteiger partial charge in [0.15, 0.2) is 0 Å². The molecule has 0 fully saturated rings. The van der Waals surface area contributed by atoms with E-state index in [9.17, 15) is 9.59 Å². The highest BCUT2D eigenvalue weighted by Gasteiger charge is 2.19. The number of benzene rings is 3. The summed E-state index contributed by atoms with van der Waals surface area (Å²) in [6, 6.07) is 29.2. The molecule has 1 N–H and O–H groups in total. The molecule has 28 heavy (non-hydrogen) atoms. The standard InChI is InChI=1S/C24H24N2O2/c27-23(25-17-16-20-10-4-1-5-11-20)18-24(28)26(22-14-8-3-9-15-22)19-21-12-6-2-7-13-21/h1-15H,16-19H2,(H,25,27). The van der Waals surface area contributed by atoms with Crippen molar-refractivity contribution in [2.45, 2.75) is 19.4 Å². The number of anilines is 1. The van der Waals surface area contributed by atoms with E-state index in [-0.39, 0.29) is 18.2 Å². The number of rotatable bonds is 8. The van der Waals surface area contributed by atoms with Gasteiger partial charge in [-0.3, -0.25) is 9.59 Å². The molecular weight excluding hydrogens is 348 g/mol. The maximum atomic E-state index is 12.9. The molecule has 3 aromatic rings. The highest BCUT2D eigenvalue weighted by atomic mass is 16.2. The molecule has 0 unspecified atom stereocenters. The van der Waals surface area contributed by atoms with Crippen LogP contribution in [0.2, 0.25) is 0 Å². The predicted molar refractivity (Wildman–Crippen MR) is 112 cm³/mol. The van der Waals surface area contributed by atoms with Gasteiger partial charge in [-0.2, -0.15) is 0 Å². The van der Waals surface area contributed by atoms with E-state index in [1.54, 1.807) is 4.90 Å². The SMILES string of the molecule is O=C(CC(=O)N(Cc1ccccc1)c1ccccc1)NCCc1ccccc1. The molecule has 0 aliphatic carbocycles. The molecule has 0 radical (unpaired) electrons. The Bertz CT molecular complexity index is 880. The highest BCUT2D eigenvalue weighted by molar-refractivity contribution is 6.04. The maximum absolute atomic E-state index is 12.9. The lowest BCUT2D eigenvalue weighted by Gasteiger charge is -2.23. The Morgan fingerprint density at radius 2 is 1.25 bits per heavy atom. The van der Waals surface area contributed by atoms with Crippen LogP contribution in [0.5, 0.6) is 0 Å². The van der Waals surface area contributed by atoms with E-state index in [2.05, 4.69) is 5.32 Å². The van der Waals surface area contributed by atoms with Gasteiger partial charge in [-0.25, -0.2) is 0 Å². The normalized spacial score (nSPS) is 10.3. The van der Waals surface area contributed by atoms with E-state index in [0.29, 0.717) is 13.1 Å². The lowest BCUT2D eigenvalue weighted by Crippen LogP contribution is -2.36. The van der Waals surface area contributed by atoms with E-state index in [0.717, 1.165) is 23.2 Å². The van der Waals surface area contributed by atoms with Crippen molar-refractivity contribution >= 4 is 17.5 Å². The zero-order chi connectivity index (χ0) is 19.6. The molecule has 4 heteroatoms. The highest BCUT2D eigenvalue weighted by Crippen LogP contribution is 2.18. The minimum absolute atomic E-state index is 0.170. The Balaban J connectivity index is 1.59. The van der Waals surface area contributed by atoms with E-state index < -0.39 is 0 Å². The summed E-state index contributed by atoms with van der Waals surface area (Å²) >= 11 is 0.